The van der Waals surface area contributed by atoms with Gasteiger partial charge in [0.2, 0.25) is 6.10 Å². The Labute approximate surface area is 501 Å². The number of carbonyl (C=O) groups is 10. The summed E-state index contributed by atoms with van der Waals surface area (Å²) in [5, 5.41) is 9.31. The zero-order chi connectivity index (χ0) is 64.2. The number of ether oxygens (including phenoxy) is 11. The lowest BCUT2D eigenvalue weighted by Gasteiger charge is -2.36. The fourth-order valence-corrected chi connectivity index (χ4v) is 11.2. The fourth-order valence-electron chi connectivity index (χ4n) is 11.2. The minimum absolute atomic E-state index is 0.0610. The van der Waals surface area contributed by atoms with Gasteiger partial charge in [-0.25, -0.2) is 4.79 Å². The molecule has 15 unspecified atom stereocenters. The van der Waals surface area contributed by atoms with Crippen molar-refractivity contribution < 1.29 is 100 Å². The van der Waals surface area contributed by atoms with Crippen molar-refractivity contribution in [3.05, 3.63) is 0 Å². The first-order valence-corrected chi connectivity index (χ1v) is 30.3. The highest BCUT2D eigenvalue weighted by Crippen LogP contribution is 2.62. The summed E-state index contributed by atoms with van der Waals surface area (Å²) in [5.74, 6) is -2.82. The molecule has 0 radical (unpaired) electrons. The van der Waals surface area contributed by atoms with Crippen LogP contribution in [0.15, 0.2) is 0 Å². The first-order valence-electron chi connectivity index (χ1n) is 30.3. The molecule has 5 aliphatic heterocycles. The van der Waals surface area contributed by atoms with Gasteiger partial charge in [-0.1, -0.05) is 34.6 Å². The molecule has 22 nitrogen and oxygen atoms in total. The van der Waals surface area contributed by atoms with Crippen LogP contribution < -0.4 is 0 Å². The zero-order valence-electron chi connectivity index (χ0n) is 53.4. The van der Waals surface area contributed by atoms with Crippen LogP contribution in [0.3, 0.4) is 0 Å². The van der Waals surface area contributed by atoms with Crippen molar-refractivity contribution in [2.45, 2.75) is 224 Å². The smallest absolute Gasteiger partial charge is 0.347 e. The Hall–Kier alpha value is -5.85. The van der Waals surface area contributed by atoms with E-state index >= 15 is 0 Å². The molecule has 0 aromatic carbocycles. The molecule has 0 aromatic heterocycles. The first-order chi connectivity index (χ1) is 39.4. The monoisotopic (exact) mass is 1200 g/mol. The van der Waals surface area contributed by atoms with Gasteiger partial charge in [-0.15, -0.1) is 0 Å². The van der Waals surface area contributed by atoms with E-state index < -0.39 is 68.2 Å². The number of hydrogen-bond acceptors (Lipinski definition) is 22. The lowest BCUT2D eigenvalue weighted by atomic mass is 9.74. The van der Waals surface area contributed by atoms with Gasteiger partial charge in [0.25, 0.3) is 0 Å². The highest BCUT2D eigenvalue weighted by molar-refractivity contribution is 5.85. The summed E-state index contributed by atoms with van der Waals surface area (Å²) in [6, 6.07) is 2.15. The number of methoxy groups -OCH3 is 1. The van der Waals surface area contributed by atoms with Gasteiger partial charge in [-0.2, -0.15) is 5.26 Å². The van der Waals surface area contributed by atoms with Crippen LogP contribution in [-0.4, -0.2) is 135 Å². The number of cyclic esters (lactones) is 4. The number of nitriles is 1. The van der Waals surface area contributed by atoms with E-state index in [1.807, 2.05) is 90.0 Å². The molecule has 0 aromatic rings. The topological polar surface area (TPSA) is 296 Å². The van der Waals surface area contributed by atoms with E-state index in [0.29, 0.717) is 51.7 Å². The van der Waals surface area contributed by atoms with E-state index in [1.165, 1.54) is 0 Å². The van der Waals surface area contributed by atoms with E-state index in [9.17, 15) is 53.2 Å². The molecule has 0 amide bonds. The second kappa shape index (κ2) is 27.0. The van der Waals surface area contributed by atoms with Crippen molar-refractivity contribution in [2.75, 3.05) is 33.5 Å². The number of esters is 10. The van der Waals surface area contributed by atoms with Crippen LogP contribution in [-0.2, 0) is 100 Å². The molecule has 9 aliphatic rings. The Kier molecular flexibility index (Phi) is 22.2. The van der Waals surface area contributed by atoms with Crippen molar-refractivity contribution >= 4 is 59.7 Å². The number of rotatable bonds is 16. The Balaban J connectivity index is 0.000000196. The average molecular weight is 1200 g/mol. The summed E-state index contributed by atoms with van der Waals surface area (Å²) in [6.45, 7) is 32.7. The summed E-state index contributed by atoms with van der Waals surface area (Å²) < 4.78 is 57.6. The van der Waals surface area contributed by atoms with Crippen molar-refractivity contribution in [1.29, 1.82) is 5.26 Å². The second-order valence-electron chi connectivity index (χ2n) is 27.6. The van der Waals surface area contributed by atoms with Gasteiger partial charge in [0.15, 0.2) is 11.0 Å². The molecule has 5 heterocycles. The van der Waals surface area contributed by atoms with Crippen LogP contribution >= 0.6 is 0 Å². The molecule has 478 valence electrons. The Morgan fingerprint density at radius 2 is 1.12 bits per heavy atom. The maximum absolute atomic E-state index is 12.4. The van der Waals surface area contributed by atoms with E-state index in [4.69, 9.17) is 52.1 Å². The normalized spacial score (nSPS) is 32.8. The molecule has 0 N–H and O–H groups in total. The van der Waals surface area contributed by atoms with Crippen LogP contribution in [0.25, 0.3) is 0 Å². The van der Waals surface area contributed by atoms with Gasteiger partial charge in [-0.05, 0) is 134 Å². The van der Waals surface area contributed by atoms with E-state index in [2.05, 4.69) is 6.07 Å². The molecule has 9 rings (SSSR count). The molecular weight excluding hydrogens is 1110 g/mol. The SMILES string of the molecule is CCC(C)(C)C(=O)OC1(C)COC(=O)C1C.CCC(C)(C)C(=O)OC1C2CC(C1OC)C1C(=O)OCC21.CCC(C)(C)C(=O)OC1C2CC3C1OC(=O)C3(C#N)C2.CCC(C)(C)C(=O)OC1CCOC1=O.CCC(C)(C)C(=O)OC1COC(=O)C1. The third kappa shape index (κ3) is 14.9. The molecular formula is C63H95NO21. The van der Waals surface area contributed by atoms with E-state index in [-0.39, 0.29) is 127 Å². The average Bonchev–Trinajstić information content (AvgIpc) is 1.95. The van der Waals surface area contributed by atoms with Gasteiger partial charge >= 0.3 is 59.7 Å². The summed E-state index contributed by atoms with van der Waals surface area (Å²) in [7, 11) is 1.63. The molecule has 5 saturated heterocycles. The summed E-state index contributed by atoms with van der Waals surface area (Å²) >= 11 is 0. The minimum Gasteiger partial charge on any atom is -0.465 e. The molecule has 22 heteroatoms. The molecule has 0 spiro atoms. The molecule has 4 bridgehead atoms. The van der Waals surface area contributed by atoms with Crippen LogP contribution in [0.2, 0.25) is 0 Å². The summed E-state index contributed by atoms with van der Waals surface area (Å²) in [4.78, 5) is 116. The van der Waals surface area contributed by atoms with Gasteiger partial charge in [0.05, 0.1) is 70.7 Å². The van der Waals surface area contributed by atoms with Crippen molar-refractivity contribution in [2.24, 2.45) is 73.9 Å². The highest BCUT2D eigenvalue weighted by atomic mass is 16.6. The number of hydrogen-bond donors (Lipinski definition) is 0. The van der Waals surface area contributed by atoms with Crippen molar-refractivity contribution in [1.82, 2.24) is 0 Å². The number of nitrogens with zero attached hydrogens (tertiary/aromatic N) is 1. The van der Waals surface area contributed by atoms with Crippen LogP contribution in [0.5, 0.6) is 0 Å². The maximum Gasteiger partial charge on any atom is 0.347 e. The largest absolute Gasteiger partial charge is 0.465 e. The van der Waals surface area contributed by atoms with Gasteiger partial charge in [0, 0.05) is 43.1 Å². The van der Waals surface area contributed by atoms with Crippen molar-refractivity contribution in [3.63, 3.8) is 0 Å². The molecule has 9 fully saturated rings. The van der Waals surface area contributed by atoms with Gasteiger partial charge < -0.3 is 52.1 Å². The Morgan fingerprint density at radius 1 is 0.600 bits per heavy atom. The highest BCUT2D eigenvalue weighted by Gasteiger charge is 2.72. The second-order valence-corrected chi connectivity index (χ2v) is 27.6. The summed E-state index contributed by atoms with van der Waals surface area (Å²) in [5.41, 5.74) is -4.33. The van der Waals surface area contributed by atoms with Gasteiger partial charge in [-0.3, -0.25) is 43.2 Å². The number of carbonyl (C=O) groups excluding carboxylic acids is 10. The summed E-state index contributed by atoms with van der Waals surface area (Å²) in [6.07, 6.45) is 4.01. The minimum atomic E-state index is -0.974. The van der Waals surface area contributed by atoms with E-state index in [0.717, 1.165) is 19.3 Å². The predicted octanol–water partition coefficient (Wildman–Crippen LogP) is 8.08. The zero-order valence-corrected chi connectivity index (χ0v) is 53.4. The Morgan fingerprint density at radius 3 is 1.58 bits per heavy atom. The van der Waals surface area contributed by atoms with Crippen LogP contribution in [0.4, 0.5) is 0 Å². The number of fused-ring (bicyclic) bond motifs is 6. The van der Waals surface area contributed by atoms with Crippen LogP contribution in [0, 0.1) is 85.2 Å². The van der Waals surface area contributed by atoms with Crippen molar-refractivity contribution in [3.8, 4) is 6.07 Å². The Bertz CT molecular complexity index is 2560. The third-order valence-electron chi connectivity index (χ3n) is 19.9. The molecule has 4 aliphatic carbocycles. The van der Waals surface area contributed by atoms with Crippen LogP contribution in [0.1, 0.15) is 182 Å². The molecule has 4 saturated carbocycles. The maximum atomic E-state index is 12.4. The standard InChI is InChI=1S/C16H24O5.C15H19NO4.C12H20O4.2C10H16O4/c1-5-16(2,3)15(18)21-13-8-6-9(12(13)19-4)11-10(8)7-20-14(11)17;1-4-14(2,3)12(17)19-10-8-5-9-11(10)20-13(18)15(9,6-8)7-16;1-6-11(3,4)10(14)16-12(5)7-15-9(13)8(12)2;1-4-10(2,3)9(12)14-7-5-8(11)13-6-7;1-4-10(2,3)9(12)14-7-5-6-13-8(7)11/h8-13H,5-7H2,1-4H3;8-11H,4-6H2,1-3H3;8H,6-7H2,1-5H3;2*7H,4-6H2,1-3H3. The van der Waals surface area contributed by atoms with Gasteiger partial charge in [0.1, 0.15) is 37.6 Å². The first kappa shape index (κ1) is 69.9. The molecule has 15 atom stereocenters. The fraction of sp³-hybridized carbons (Fsp3) is 0.825. The van der Waals surface area contributed by atoms with E-state index in [1.54, 1.807) is 34.8 Å². The quantitative estimate of drug-likeness (QED) is 0.104. The lowest BCUT2D eigenvalue weighted by molar-refractivity contribution is -0.175. The predicted molar refractivity (Wildman–Crippen MR) is 300 cm³/mol. The lowest BCUT2D eigenvalue weighted by Crippen LogP contribution is -2.47. The third-order valence-corrected chi connectivity index (χ3v) is 19.9. The molecule has 85 heavy (non-hydrogen) atoms.